The Morgan fingerprint density at radius 2 is 1.92 bits per heavy atom. The lowest BCUT2D eigenvalue weighted by Gasteiger charge is -2.05. The first-order valence-corrected chi connectivity index (χ1v) is 8.12. The molecule has 0 spiro atoms. The standard InChI is InChI=1S/C20H15N5O/c1-2-5-18-15(4-1)13-22-9-3-8-21-10-11-26-16-6-7-19-17(12-16)20(25-18)24-14-23-19/h1-10,12-14H,11H2/b8-3+,15-13-,21-10?,22-9+,25-18?. The zero-order valence-corrected chi connectivity index (χ0v) is 13.9. The molecule has 1 aliphatic rings. The van der Waals surface area contributed by atoms with Gasteiger partial charge >= 0.3 is 0 Å². The largest absolute Gasteiger partial charge is 0.488 e. The first kappa shape index (κ1) is 15.8. The van der Waals surface area contributed by atoms with Crippen molar-refractivity contribution in [3.8, 4) is 5.75 Å². The molecule has 3 aromatic rings. The number of aromatic nitrogens is 2. The van der Waals surface area contributed by atoms with Crippen molar-refractivity contribution in [3.05, 3.63) is 71.6 Å². The summed E-state index contributed by atoms with van der Waals surface area (Å²) in [6.45, 7) is 0.363. The normalized spacial score (nSPS) is 17.5. The number of rotatable bonds is 0. The van der Waals surface area contributed by atoms with Crippen LogP contribution in [0, 0.1) is 0 Å². The van der Waals surface area contributed by atoms with E-state index in [0.717, 1.165) is 21.5 Å². The summed E-state index contributed by atoms with van der Waals surface area (Å²) in [5, 5.41) is 2.50. The van der Waals surface area contributed by atoms with E-state index < -0.39 is 0 Å². The van der Waals surface area contributed by atoms with Crippen LogP contribution in [-0.2, 0) is 0 Å². The topological polar surface area (TPSA) is 72.1 Å². The summed E-state index contributed by atoms with van der Waals surface area (Å²) in [7, 11) is 0. The Labute approximate surface area is 149 Å². The highest BCUT2D eigenvalue weighted by Gasteiger charge is 2.05. The van der Waals surface area contributed by atoms with Crippen LogP contribution < -0.4 is 15.3 Å². The van der Waals surface area contributed by atoms with Crippen LogP contribution in [-0.4, -0.2) is 29.0 Å². The second-order valence-corrected chi connectivity index (χ2v) is 5.46. The van der Waals surface area contributed by atoms with Crippen LogP contribution in [0.3, 0.4) is 0 Å². The minimum absolute atomic E-state index is 0.363. The van der Waals surface area contributed by atoms with Gasteiger partial charge in [0.2, 0.25) is 0 Å². The number of aliphatic imine (C=N–C) groups is 2. The van der Waals surface area contributed by atoms with E-state index in [-0.39, 0.29) is 0 Å². The van der Waals surface area contributed by atoms with Gasteiger partial charge in [-0.15, -0.1) is 0 Å². The second kappa shape index (κ2) is 7.48. The van der Waals surface area contributed by atoms with E-state index >= 15 is 0 Å². The smallest absolute Gasteiger partial charge is 0.163 e. The van der Waals surface area contributed by atoms with Crippen LogP contribution in [0.15, 0.2) is 76.0 Å². The SMILES string of the molecule is C1=N/C=C/C=N/C=c2/ccccc2=Nc2ncnc3ccc(cc23)OC1. The molecule has 0 atom stereocenters. The maximum absolute atomic E-state index is 5.72. The molecule has 2 bridgehead atoms. The van der Waals surface area contributed by atoms with Crippen molar-refractivity contribution >= 4 is 35.3 Å². The van der Waals surface area contributed by atoms with Crippen LogP contribution in [0.5, 0.6) is 5.75 Å². The molecule has 0 aliphatic carbocycles. The molecule has 0 saturated heterocycles. The highest BCUT2D eigenvalue weighted by Crippen LogP contribution is 2.25. The van der Waals surface area contributed by atoms with E-state index in [4.69, 9.17) is 9.73 Å². The fourth-order valence-corrected chi connectivity index (χ4v) is 2.51. The highest BCUT2D eigenvalue weighted by molar-refractivity contribution is 5.88. The molecule has 0 amide bonds. The van der Waals surface area contributed by atoms with Gasteiger partial charge in [-0.2, -0.15) is 0 Å². The molecule has 1 aromatic heterocycles. The van der Waals surface area contributed by atoms with Crippen molar-refractivity contribution < 1.29 is 4.74 Å². The Hall–Kier alpha value is -3.67. The van der Waals surface area contributed by atoms with Crippen LogP contribution in [0.2, 0.25) is 0 Å². The molecule has 6 heteroatoms. The summed E-state index contributed by atoms with van der Waals surface area (Å²) in [4.78, 5) is 21.8. The Morgan fingerprint density at radius 3 is 2.92 bits per heavy atom. The van der Waals surface area contributed by atoms with Gasteiger partial charge in [-0.05, 0) is 30.3 Å². The molecular weight excluding hydrogens is 326 g/mol. The molecule has 2 aromatic carbocycles. The van der Waals surface area contributed by atoms with Gasteiger partial charge in [-0.25, -0.2) is 15.0 Å². The van der Waals surface area contributed by atoms with Crippen LogP contribution >= 0.6 is 0 Å². The first-order valence-electron chi connectivity index (χ1n) is 8.12. The van der Waals surface area contributed by atoms with E-state index in [2.05, 4.69) is 20.0 Å². The van der Waals surface area contributed by atoms with E-state index in [0.29, 0.717) is 18.2 Å². The number of ether oxygens (including phenoxy) is 1. The average Bonchev–Trinajstić information content (AvgIpc) is 2.67. The second-order valence-electron chi connectivity index (χ2n) is 5.46. The minimum atomic E-state index is 0.363. The number of nitrogens with zero attached hydrogens (tertiary/aromatic N) is 5. The van der Waals surface area contributed by atoms with Gasteiger partial charge in [0.15, 0.2) is 5.82 Å². The molecule has 2 heterocycles. The minimum Gasteiger partial charge on any atom is -0.488 e. The fraction of sp³-hybridized carbons (Fsp3) is 0.0500. The predicted molar refractivity (Wildman–Crippen MR) is 103 cm³/mol. The summed E-state index contributed by atoms with van der Waals surface area (Å²) in [6.07, 6.45) is 10.1. The number of benzene rings is 2. The van der Waals surface area contributed by atoms with Crippen LogP contribution in [0.25, 0.3) is 17.1 Å². The van der Waals surface area contributed by atoms with Crippen LogP contribution in [0.1, 0.15) is 0 Å². The van der Waals surface area contributed by atoms with Crippen molar-refractivity contribution in [3.63, 3.8) is 0 Å². The molecule has 6 nitrogen and oxygen atoms in total. The summed E-state index contributed by atoms with van der Waals surface area (Å²) in [5.74, 6) is 1.30. The van der Waals surface area contributed by atoms with E-state index in [1.165, 1.54) is 6.33 Å². The van der Waals surface area contributed by atoms with Gasteiger partial charge in [-0.3, -0.25) is 9.98 Å². The highest BCUT2D eigenvalue weighted by atomic mass is 16.5. The molecule has 1 aliphatic heterocycles. The molecule has 0 saturated carbocycles. The summed E-state index contributed by atoms with van der Waals surface area (Å²) >= 11 is 0. The maximum Gasteiger partial charge on any atom is 0.163 e. The van der Waals surface area contributed by atoms with Crippen molar-refractivity contribution in [1.29, 1.82) is 0 Å². The third-order valence-corrected chi connectivity index (χ3v) is 3.74. The Bertz CT molecular complexity index is 1150. The van der Waals surface area contributed by atoms with Crippen LogP contribution in [0.4, 0.5) is 5.82 Å². The van der Waals surface area contributed by atoms with Gasteiger partial charge in [0.1, 0.15) is 18.7 Å². The summed E-state index contributed by atoms with van der Waals surface area (Å²) in [6, 6.07) is 13.4. The fourth-order valence-electron chi connectivity index (χ4n) is 2.51. The number of fused-ring (bicyclic) bond motifs is 2. The Balaban J connectivity index is 1.97. The van der Waals surface area contributed by atoms with Crippen molar-refractivity contribution in [2.75, 3.05) is 6.61 Å². The Morgan fingerprint density at radius 1 is 0.962 bits per heavy atom. The van der Waals surface area contributed by atoms with E-state index in [1.54, 1.807) is 30.9 Å². The monoisotopic (exact) mass is 341 g/mol. The third kappa shape index (κ3) is 3.54. The van der Waals surface area contributed by atoms with Gasteiger partial charge in [0, 0.05) is 35.4 Å². The lowest BCUT2D eigenvalue weighted by molar-refractivity contribution is 0.381. The third-order valence-electron chi connectivity index (χ3n) is 3.74. The van der Waals surface area contributed by atoms with Crippen molar-refractivity contribution in [1.82, 2.24) is 9.97 Å². The molecule has 0 radical (unpaired) electrons. The summed E-state index contributed by atoms with van der Waals surface area (Å²) in [5.41, 5.74) is 0.809. The zero-order chi connectivity index (χ0) is 17.6. The summed E-state index contributed by atoms with van der Waals surface area (Å²) < 4.78 is 5.72. The lowest BCUT2D eigenvalue weighted by Crippen LogP contribution is -2.23. The van der Waals surface area contributed by atoms with Crippen molar-refractivity contribution in [2.24, 2.45) is 15.0 Å². The molecule has 0 unspecified atom stereocenters. The molecular formula is C20H15N5O. The zero-order valence-electron chi connectivity index (χ0n) is 13.9. The van der Waals surface area contributed by atoms with E-state index in [9.17, 15) is 0 Å². The van der Waals surface area contributed by atoms with Crippen molar-refractivity contribution in [2.45, 2.75) is 0 Å². The molecule has 0 fully saturated rings. The van der Waals surface area contributed by atoms with Gasteiger partial charge in [0.25, 0.3) is 0 Å². The maximum atomic E-state index is 5.72. The number of hydrogen-bond donors (Lipinski definition) is 0. The lowest BCUT2D eigenvalue weighted by atomic mass is 10.2. The quantitative estimate of drug-likeness (QED) is 0.630. The van der Waals surface area contributed by atoms with Gasteiger partial charge < -0.3 is 4.74 Å². The van der Waals surface area contributed by atoms with Gasteiger partial charge in [-0.1, -0.05) is 18.2 Å². The molecule has 4 rings (SSSR count). The number of para-hydroxylation sites is 1. The Kier molecular flexibility index (Phi) is 4.56. The van der Waals surface area contributed by atoms with E-state index in [1.807, 2.05) is 42.5 Å². The molecule has 0 N–H and O–H groups in total. The average molecular weight is 341 g/mol. The number of allylic oxidation sites excluding steroid dienone is 1. The molecule has 126 valence electrons. The predicted octanol–water partition coefficient (Wildman–Crippen LogP) is 2.37. The first-order chi connectivity index (χ1) is 12.9. The molecule has 26 heavy (non-hydrogen) atoms. The number of hydrogen-bond acceptors (Lipinski definition) is 6. The van der Waals surface area contributed by atoms with Gasteiger partial charge in [0.05, 0.1) is 10.9 Å².